The van der Waals surface area contributed by atoms with Crippen LogP contribution in [0.1, 0.15) is 25.0 Å². The van der Waals surface area contributed by atoms with E-state index < -0.39 is 0 Å². The molecule has 2 N–H and O–H groups in total. The van der Waals surface area contributed by atoms with Gasteiger partial charge in [0.05, 0.1) is 20.3 Å². The van der Waals surface area contributed by atoms with Gasteiger partial charge in [0.2, 0.25) is 0 Å². The first-order chi connectivity index (χ1) is 12.7. The quantitative estimate of drug-likeness (QED) is 0.560. The van der Waals surface area contributed by atoms with E-state index in [1.54, 1.807) is 13.2 Å². The van der Waals surface area contributed by atoms with E-state index in [0.717, 1.165) is 23.4 Å². The molecule has 0 aromatic heterocycles. The number of nitrogens with zero attached hydrogens (tertiary/aromatic N) is 1. The number of nitrogens with one attached hydrogen (secondary N) is 2. The number of guanidine groups is 1. The van der Waals surface area contributed by atoms with Crippen LogP contribution in [0, 0.1) is 5.82 Å². The molecular formula is C20H26FN3O2. The van der Waals surface area contributed by atoms with Crippen LogP contribution in [0.15, 0.2) is 47.5 Å². The lowest BCUT2D eigenvalue weighted by Crippen LogP contribution is -2.36. The minimum Gasteiger partial charge on any atom is -0.496 e. The van der Waals surface area contributed by atoms with Gasteiger partial charge in [0, 0.05) is 18.7 Å². The lowest BCUT2D eigenvalue weighted by molar-refractivity contribution is 0.321. The van der Waals surface area contributed by atoms with Gasteiger partial charge in [-0.1, -0.05) is 24.3 Å². The molecule has 2 aromatic rings. The summed E-state index contributed by atoms with van der Waals surface area (Å²) in [6.45, 7) is 5.93. The fraction of sp³-hybridized carbons (Fsp3) is 0.350. The Labute approximate surface area is 154 Å². The Morgan fingerprint density at radius 1 is 1.08 bits per heavy atom. The van der Waals surface area contributed by atoms with Gasteiger partial charge in [-0.25, -0.2) is 9.38 Å². The van der Waals surface area contributed by atoms with Crippen molar-refractivity contribution in [2.24, 2.45) is 4.99 Å². The number of halogens is 1. The molecule has 140 valence electrons. The van der Waals surface area contributed by atoms with Gasteiger partial charge in [-0.3, -0.25) is 0 Å². The first-order valence-electron chi connectivity index (χ1n) is 8.73. The Morgan fingerprint density at radius 3 is 2.58 bits per heavy atom. The number of hydrogen-bond acceptors (Lipinski definition) is 3. The zero-order chi connectivity index (χ0) is 18.8. The molecule has 0 heterocycles. The van der Waals surface area contributed by atoms with E-state index in [9.17, 15) is 4.39 Å². The van der Waals surface area contributed by atoms with Gasteiger partial charge in [-0.05, 0) is 37.6 Å². The molecule has 2 rings (SSSR count). The monoisotopic (exact) mass is 359 g/mol. The van der Waals surface area contributed by atoms with Gasteiger partial charge >= 0.3 is 0 Å². The number of methoxy groups -OCH3 is 1. The predicted molar refractivity (Wildman–Crippen MR) is 102 cm³/mol. The van der Waals surface area contributed by atoms with Gasteiger partial charge in [-0.2, -0.15) is 0 Å². The SMILES string of the molecule is CCNC(=NCc1ccc(OCC)c(F)c1)NCc1ccccc1OC. The molecule has 0 atom stereocenters. The van der Waals surface area contributed by atoms with Crippen LogP contribution in [0.4, 0.5) is 4.39 Å². The summed E-state index contributed by atoms with van der Waals surface area (Å²) in [7, 11) is 1.65. The molecule has 0 saturated carbocycles. The summed E-state index contributed by atoms with van der Waals surface area (Å²) in [4.78, 5) is 4.52. The van der Waals surface area contributed by atoms with Gasteiger partial charge in [0.25, 0.3) is 0 Å². The highest BCUT2D eigenvalue weighted by Gasteiger charge is 2.06. The smallest absolute Gasteiger partial charge is 0.191 e. The molecule has 0 amide bonds. The van der Waals surface area contributed by atoms with Crippen molar-refractivity contribution in [3.05, 3.63) is 59.4 Å². The minimum absolute atomic E-state index is 0.265. The number of aliphatic imine (C=N–C) groups is 1. The standard InChI is InChI=1S/C20H26FN3O2/c1-4-22-20(24-14-16-8-6-7-9-18(16)25-3)23-13-15-10-11-19(26-5-2)17(21)12-15/h6-12H,4-5,13-14H2,1-3H3,(H2,22,23,24). The van der Waals surface area contributed by atoms with Crippen molar-refractivity contribution in [2.45, 2.75) is 26.9 Å². The number of ether oxygens (including phenoxy) is 2. The van der Waals surface area contributed by atoms with Crippen LogP contribution in [0.2, 0.25) is 0 Å². The molecule has 0 aliphatic rings. The second-order valence-corrected chi connectivity index (χ2v) is 5.56. The fourth-order valence-corrected chi connectivity index (χ4v) is 2.46. The zero-order valence-electron chi connectivity index (χ0n) is 15.5. The maximum absolute atomic E-state index is 13.9. The van der Waals surface area contributed by atoms with E-state index in [1.165, 1.54) is 6.07 Å². The molecule has 0 fully saturated rings. The van der Waals surface area contributed by atoms with Crippen LogP contribution < -0.4 is 20.1 Å². The first kappa shape index (κ1) is 19.6. The summed E-state index contributed by atoms with van der Waals surface area (Å²) in [5.74, 6) is 1.38. The Morgan fingerprint density at radius 2 is 1.88 bits per heavy atom. The normalized spacial score (nSPS) is 11.2. The summed E-state index contributed by atoms with van der Waals surface area (Å²) < 4.78 is 24.5. The molecule has 5 nitrogen and oxygen atoms in total. The lowest BCUT2D eigenvalue weighted by Gasteiger charge is -2.13. The van der Waals surface area contributed by atoms with Crippen molar-refractivity contribution in [3.8, 4) is 11.5 Å². The van der Waals surface area contributed by atoms with Crippen LogP contribution >= 0.6 is 0 Å². The average molecular weight is 359 g/mol. The molecule has 0 aliphatic carbocycles. The van der Waals surface area contributed by atoms with Crippen LogP contribution in [0.25, 0.3) is 0 Å². The third-order valence-electron chi connectivity index (χ3n) is 3.70. The highest BCUT2D eigenvalue weighted by molar-refractivity contribution is 5.79. The Bertz CT molecular complexity index is 735. The number of rotatable bonds is 8. The highest BCUT2D eigenvalue weighted by atomic mass is 19.1. The van der Waals surface area contributed by atoms with E-state index in [1.807, 2.05) is 44.2 Å². The van der Waals surface area contributed by atoms with Crippen molar-refractivity contribution in [2.75, 3.05) is 20.3 Å². The third kappa shape index (κ3) is 5.65. The van der Waals surface area contributed by atoms with Crippen LogP contribution in [0.5, 0.6) is 11.5 Å². The summed E-state index contributed by atoms with van der Waals surface area (Å²) in [6.07, 6.45) is 0. The van der Waals surface area contributed by atoms with Crippen molar-refractivity contribution in [1.29, 1.82) is 0 Å². The van der Waals surface area contributed by atoms with Crippen molar-refractivity contribution in [3.63, 3.8) is 0 Å². The lowest BCUT2D eigenvalue weighted by atomic mass is 10.2. The van der Waals surface area contributed by atoms with Crippen molar-refractivity contribution in [1.82, 2.24) is 10.6 Å². The molecule has 0 spiro atoms. The summed E-state index contributed by atoms with van der Waals surface area (Å²) in [5.41, 5.74) is 1.81. The van der Waals surface area contributed by atoms with Crippen molar-refractivity contribution < 1.29 is 13.9 Å². The number of benzene rings is 2. The summed E-state index contributed by atoms with van der Waals surface area (Å²) in [5, 5.41) is 6.46. The maximum atomic E-state index is 13.9. The van der Waals surface area contributed by atoms with E-state index in [4.69, 9.17) is 9.47 Å². The Kier molecular flexibility index (Phi) is 7.74. The topological polar surface area (TPSA) is 54.9 Å². The van der Waals surface area contributed by atoms with E-state index in [2.05, 4.69) is 15.6 Å². The largest absolute Gasteiger partial charge is 0.496 e. The molecule has 0 bridgehead atoms. The van der Waals surface area contributed by atoms with Crippen LogP contribution in [0.3, 0.4) is 0 Å². The van der Waals surface area contributed by atoms with Gasteiger partial charge < -0.3 is 20.1 Å². The van der Waals surface area contributed by atoms with E-state index in [-0.39, 0.29) is 11.6 Å². The van der Waals surface area contributed by atoms with Crippen molar-refractivity contribution >= 4 is 5.96 Å². The summed E-state index contributed by atoms with van der Waals surface area (Å²) in [6, 6.07) is 12.7. The molecule has 6 heteroatoms. The third-order valence-corrected chi connectivity index (χ3v) is 3.70. The van der Waals surface area contributed by atoms with E-state index in [0.29, 0.717) is 25.7 Å². The molecule has 2 aromatic carbocycles. The van der Waals surface area contributed by atoms with Gasteiger partial charge in [-0.15, -0.1) is 0 Å². The molecule has 26 heavy (non-hydrogen) atoms. The van der Waals surface area contributed by atoms with Crippen LogP contribution in [-0.4, -0.2) is 26.2 Å². The zero-order valence-corrected chi connectivity index (χ0v) is 15.5. The molecule has 0 saturated heterocycles. The fourth-order valence-electron chi connectivity index (χ4n) is 2.46. The second-order valence-electron chi connectivity index (χ2n) is 5.56. The van der Waals surface area contributed by atoms with E-state index >= 15 is 0 Å². The predicted octanol–water partition coefficient (Wildman–Crippen LogP) is 3.49. The number of para-hydroxylation sites is 1. The van der Waals surface area contributed by atoms with Crippen LogP contribution in [-0.2, 0) is 13.1 Å². The summed E-state index contributed by atoms with van der Waals surface area (Å²) >= 11 is 0. The maximum Gasteiger partial charge on any atom is 0.191 e. The molecular weight excluding hydrogens is 333 g/mol. The highest BCUT2D eigenvalue weighted by Crippen LogP contribution is 2.19. The molecule has 0 aliphatic heterocycles. The van der Waals surface area contributed by atoms with Gasteiger partial charge in [0.1, 0.15) is 5.75 Å². The molecule has 0 unspecified atom stereocenters. The number of hydrogen-bond donors (Lipinski definition) is 2. The second kappa shape index (κ2) is 10.3. The Balaban J connectivity index is 2.03. The first-order valence-corrected chi connectivity index (χ1v) is 8.73. The van der Waals surface area contributed by atoms with Gasteiger partial charge in [0.15, 0.2) is 17.5 Å². The molecule has 0 radical (unpaired) electrons. The minimum atomic E-state index is -0.369. The average Bonchev–Trinajstić information content (AvgIpc) is 2.66. The Hall–Kier alpha value is -2.76.